The zero-order valence-electron chi connectivity index (χ0n) is 14.3. The van der Waals surface area contributed by atoms with Gasteiger partial charge in [0, 0.05) is 12.7 Å². The summed E-state index contributed by atoms with van der Waals surface area (Å²) in [6, 6.07) is 4.99. The van der Waals surface area contributed by atoms with Gasteiger partial charge in [0.1, 0.15) is 18.3 Å². The lowest BCUT2D eigenvalue weighted by atomic mass is 10.0. The smallest absolute Gasteiger partial charge is 0.297 e. The molecule has 2 saturated heterocycles. The Labute approximate surface area is 141 Å². The lowest BCUT2D eigenvalue weighted by Crippen LogP contribution is -2.30. The molecule has 2 aliphatic rings. The van der Waals surface area contributed by atoms with Crippen molar-refractivity contribution in [1.82, 2.24) is 0 Å². The highest BCUT2D eigenvalue weighted by atomic mass is 32.2. The molecule has 0 spiro atoms. The van der Waals surface area contributed by atoms with E-state index in [0.717, 1.165) is 12.7 Å². The Hall–Kier alpha value is -1.03. The Kier molecular flexibility index (Phi) is 4.48. The van der Waals surface area contributed by atoms with Crippen LogP contribution in [0.15, 0.2) is 23.1 Å². The first-order chi connectivity index (χ1) is 11.2. The summed E-state index contributed by atoms with van der Waals surface area (Å²) in [5, 5.41) is 0. The Bertz CT molecular complexity index is 728. The third-order valence-corrected chi connectivity index (χ3v) is 5.55. The number of benzene rings is 1. The number of ether oxygens (including phenoxy) is 4. The van der Waals surface area contributed by atoms with Gasteiger partial charge in [0.15, 0.2) is 12.1 Å². The van der Waals surface area contributed by atoms with Crippen LogP contribution in [0.3, 0.4) is 0 Å². The molecule has 2 aliphatic heterocycles. The standard InChI is InChI=1S/C16H22O7S/c1-9-6-7-11(24(17,18)20-5)10(8-9)12-13-14(15(19-4)21-12)23-16(2,3)22-13/h6-8,12-15H,1-5H3/t12-,13?,14?,15?/m1/s1. The Balaban J connectivity index is 2.07. The van der Waals surface area contributed by atoms with Crippen LogP contribution in [0.25, 0.3) is 0 Å². The van der Waals surface area contributed by atoms with Crippen molar-refractivity contribution in [3.05, 3.63) is 29.3 Å². The van der Waals surface area contributed by atoms with E-state index < -0.39 is 40.5 Å². The van der Waals surface area contributed by atoms with E-state index in [0.29, 0.717) is 5.56 Å². The van der Waals surface area contributed by atoms with Gasteiger partial charge in [-0.25, -0.2) is 0 Å². The number of hydrogen-bond acceptors (Lipinski definition) is 7. The summed E-state index contributed by atoms with van der Waals surface area (Å²) in [6.45, 7) is 5.49. The van der Waals surface area contributed by atoms with E-state index >= 15 is 0 Å². The first-order valence-corrected chi connectivity index (χ1v) is 9.04. The predicted molar refractivity (Wildman–Crippen MR) is 83.8 cm³/mol. The van der Waals surface area contributed by atoms with E-state index in [1.165, 1.54) is 13.2 Å². The van der Waals surface area contributed by atoms with Gasteiger partial charge in [0.2, 0.25) is 0 Å². The molecule has 1 aromatic rings. The molecule has 134 valence electrons. The molecule has 0 bridgehead atoms. The van der Waals surface area contributed by atoms with Crippen molar-refractivity contribution in [1.29, 1.82) is 0 Å². The second-order valence-corrected chi connectivity index (χ2v) is 8.07. The third kappa shape index (κ3) is 2.98. The minimum atomic E-state index is -3.88. The van der Waals surface area contributed by atoms with Gasteiger partial charge >= 0.3 is 0 Å². The van der Waals surface area contributed by atoms with Gasteiger partial charge in [0.25, 0.3) is 10.1 Å². The van der Waals surface area contributed by atoms with E-state index in [1.807, 2.05) is 6.92 Å². The van der Waals surface area contributed by atoms with Gasteiger partial charge in [0.05, 0.1) is 12.0 Å². The van der Waals surface area contributed by atoms with Gasteiger partial charge in [-0.3, -0.25) is 4.18 Å². The molecule has 3 unspecified atom stereocenters. The quantitative estimate of drug-likeness (QED) is 0.760. The fourth-order valence-corrected chi connectivity index (χ4v) is 4.09. The SMILES string of the molecule is COC1O[C@H](c2cc(C)ccc2S(=O)(=O)OC)C2OC(C)(C)OC12. The number of methoxy groups -OCH3 is 1. The first-order valence-electron chi connectivity index (χ1n) is 7.63. The Morgan fingerprint density at radius 3 is 2.42 bits per heavy atom. The summed E-state index contributed by atoms with van der Waals surface area (Å²) in [5.41, 5.74) is 1.38. The van der Waals surface area contributed by atoms with Crippen molar-refractivity contribution in [2.24, 2.45) is 0 Å². The predicted octanol–water partition coefficient (Wildman–Crippen LogP) is 1.89. The van der Waals surface area contributed by atoms with Crippen molar-refractivity contribution in [2.75, 3.05) is 14.2 Å². The van der Waals surface area contributed by atoms with Crippen LogP contribution in [0.2, 0.25) is 0 Å². The molecule has 0 N–H and O–H groups in total. The Morgan fingerprint density at radius 2 is 1.79 bits per heavy atom. The number of hydrogen-bond donors (Lipinski definition) is 0. The van der Waals surface area contributed by atoms with Gasteiger partial charge in [-0.2, -0.15) is 8.42 Å². The maximum absolute atomic E-state index is 12.3. The molecule has 1 aromatic carbocycles. The molecule has 4 atom stereocenters. The summed E-state index contributed by atoms with van der Waals surface area (Å²) in [5.74, 6) is -0.793. The van der Waals surface area contributed by atoms with Crippen molar-refractivity contribution in [2.45, 2.75) is 56.1 Å². The third-order valence-electron chi connectivity index (χ3n) is 4.20. The van der Waals surface area contributed by atoms with Crippen molar-refractivity contribution < 1.29 is 31.5 Å². The van der Waals surface area contributed by atoms with Crippen LogP contribution in [-0.2, 0) is 33.2 Å². The normalized spacial score (nSPS) is 32.0. The summed E-state index contributed by atoms with van der Waals surface area (Å²) in [6.07, 6.45) is -2.19. The van der Waals surface area contributed by atoms with Gasteiger partial charge in [-0.05, 0) is 26.8 Å². The summed E-state index contributed by atoms with van der Waals surface area (Å²) in [4.78, 5) is 0.0596. The van der Waals surface area contributed by atoms with Crippen LogP contribution in [0.4, 0.5) is 0 Å². The summed E-state index contributed by atoms with van der Waals surface area (Å²) < 4.78 is 52.3. The molecule has 0 radical (unpaired) electrons. The van der Waals surface area contributed by atoms with E-state index in [-0.39, 0.29) is 4.90 Å². The minimum absolute atomic E-state index is 0.0596. The van der Waals surface area contributed by atoms with Crippen molar-refractivity contribution >= 4 is 10.1 Å². The van der Waals surface area contributed by atoms with Crippen LogP contribution < -0.4 is 0 Å². The molecule has 3 rings (SSSR count). The number of aryl methyl sites for hydroxylation is 1. The van der Waals surface area contributed by atoms with Crippen LogP contribution in [0.5, 0.6) is 0 Å². The molecular weight excluding hydrogens is 336 g/mol. The number of fused-ring (bicyclic) bond motifs is 1. The molecule has 8 heteroatoms. The molecule has 0 aliphatic carbocycles. The molecule has 0 amide bonds. The topological polar surface area (TPSA) is 80.3 Å². The highest BCUT2D eigenvalue weighted by Crippen LogP contribution is 2.46. The number of rotatable bonds is 4. The Morgan fingerprint density at radius 1 is 1.12 bits per heavy atom. The van der Waals surface area contributed by atoms with E-state index in [2.05, 4.69) is 4.18 Å². The second kappa shape index (κ2) is 6.05. The zero-order valence-corrected chi connectivity index (χ0v) is 15.1. The molecule has 24 heavy (non-hydrogen) atoms. The average Bonchev–Trinajstić information content (AvgIpc) is 2.99. The maximum atomic E-state index is 12.3. The van der Waals surface area contributed by atoms with E-state index in [1.54, 1.807) is 26.0 Å². The molecule has 0 aromatic heterocycles. The largest absolute Gasteiger partial charge is 0.353 e. The van der Waals surface area contributed by atoms with Gasteiger partial charge < -0.3 is 18.9 Å². The van der Waals surface area contributed by atoms with Crippen LogP contribution in [0.1, 0.15) is 31.1 Å². The highest BCUT2D eigenvalue weighted by molar-refractivity contribution is 7.86. The minimum Gasteiger partial charge on any atom is -0.353 e. The van der Waals surface area contributed by atoms with Crippen LogP contribution in [0, 0.1) is 6.92 Å². The van der Waals surface area contributed by atoms with Gasteiger partial charge in [-0.1, -0.05) is 17.7 Å². The zero-order chi connectivity index (χ0) is 17.7. The lowest BCUT2D eigenvalue weighted by Gasteiger charge is -2.24. The fraction of sp³-hybridized carbons (Fsp3) is 0.625. The molecular formula is C16H22O7S. The molecule has 7 nitrogen and oxygen atoms in total. The van der Waals surface area contributed by atoms with Crippen molar-refractivity contribution in [3.63, 3.8) is 0 Å². The monoisotopic (exact) mass is 358 g/mol. The summed E-state index contributed by atoms with van der Waals surface area (Å²) in [7, 11) is -1.23. The molecule has 2 fully saturated rings. The highest BCUT2D eigenvalue weighted by Gasteiger charge is 2.56. The van der Waals surface area contributed by atoms with Crippen LogP contribution >= 0.6 is 0 Å². The maximum Gasteiger partial charge on any atom is 0.297 e. The lowest BCUT2D eigenvalue weighted by molar-refractivity contribution is -0.228. The van der Waals surface area contributed by atoms with E-state index in [9.17, 15) is 8.42 Å². The van der Waals surface area contributed by atoms with E-state index in [4.69, 9.17) is 18.9 Å². The average molecular weight is 358 g/mol. The fourth-order valence-electron chi connectivity index (χ4n) is 3.21. The molecule has 2 heterocycles. The second-order valence-electron chi connectivity index (χ2n) is 6.39. The molecule has 0 saturated carbocycles. The van der Waals surface area contributed by atoms with Crippen molar-refractivity contribution in [3.8, 4) is 0 Å². The van der Waals surface area contributed by atoms with Gasteiger partial charge in [-0.15, -0.1) is 0 Å². The first kappa shape index (κ1) is 17.8. The van der Waals surface area contributed by atoms with Crippen LogP contribution in [-0.4, -0.2) is 46.9 Å². The summed E-state index contributed by atoms with van der Waals surface area (Å²) >= 11 is 0.